The van der Waals surface area contributed by atoms with E-state index in [1.54, 1.807) is 14.2 Å². The van der Waals surface area contributed by atoms with Gasteiger partial charge in [-0.3, -0.25) is 0 Å². The van der Waals surface area contributed by atoms with Crippen LogP contribution in [0.2, 0.25) is 0 Å². The van der Waals surface area contributed by atoms with Crippen molar-refractivity contribution in [3.05, 3.63) is 11.5 Å². The topological polar surface area (TPSA) is 36.9 Å². The molecule has 0 saturated carbocycles. The summed E-state index contributed by atoms with van der Waals surface area (Å²) in [7, 11) is 3.29. The van der Waals surface area contributed by atoms with Gasteiger partial charge < -0.3 is 18.9 Å². The minimum atomic E-state index is 0.549. The van der Waals surface area contributed by atoms with Crippen molar-refractivity contribution >= 4 is 0 Å². The quantitative estimate of drug-likeness (QED) is 0.444. The fraction of sp³-hybridized carbons (Fsp3) is 0.800. The Labute approximate surface area is 85.8 Å². The van der Waals surface area contributed by atoms with Gasteiger partial charge in [-0.2, -0.15) is 0 Å². The van der Waals surface area contributed by atoms with Gasteiger partial charge in [0.2, 0.25) is 0 Å². The van der Waals surface area contributed by atoms with Crippen molar-refractivity contribution in [2.45, 2.75) is 13.8 Å². The van der Waals surface area contributed by atoms with Crippen LogP contribution in [0, 0.1) is 0 Å². The van der Waals surface area contributed by atoms with E-state index < -0.39 is 0 Å². The monoisotopic (exact) mass is 204 g/mol. The van der Waals surface area contributed by atoms with Crippen LogP contribution in [0.1, 0.15) is 13.8 Å². The van der Waals surface area contributed by atoms with Gasteiger partial charge in [-0.1, -0.05) is 0 Å². The maximum atomic E-state index is 5.36. The van der Waals surface area contributed by atoms with Crippen molar-refractivity contribution in [3.63, 3.8) is 0 Å². The summed E-state index contributed by atoms with van der Waals surface area (Å²) < 4.78 is 20.5. The number of hydrogen-bond acceptors (Lipinski definition) is 4. The molecular weight excluding hydrogens is 184 g/mol. The van der Waals surface area contributed by atoms with Gasteiger partial charge in [-0.15, -0.1) is 0 Å². The SMILES string of the molecule is COCCOC(C)=C(C)OCCOC. The number of methoxy groups -OCH3 is 2. The Morgan fingerprint density at radius 2 is 1.07 bits per heavy atom. The summed E-state index contributed by atoms with van der Waals surface area (Å²) in [5, 5.41) is 0. The Hall–Kier alpha value is -0.740. The molecule has 0 aliphatic rings. The summed E-state index contributed by atoms with van der Waals surface area (Å²) in [4.78, 5) is 0. The molecule has 0 rings (SSSR count). The zero-order valence-electron chi connectivity index (χ0n) is 9.46. The number of rotatable bonds is 8. The molecule has 0 aromatic carbocycles. The van der Waals surface area contributed by atoms with E-state index in [2.05, 4.69) is 0 Å². The molecule has 4 nitrogen and oxygen atoms in total. The average Bonchev–Trinajstić information content (AvgIpc) is 2.18. The lowest BCUT2D eigenvalue weighted by molar-refractivity contribution is 0.0816. The number of ether oxygens (including phenoxy) is 4. The van der Waals surface area contributed by atoms with Crippen LogP contribution >= 0.6 is 0 Å². The predicted octanol–water partition coefficient (Wildman–Crippen LogP) is 1.56. The summed E-state index contributed by atoms with van der Waals surface area (Å²) in [6.45, 7) is 6.02. The average molecular weight is 204 g/mol. The Balaban J connectivity index is 3.66. The van der Waals surface area contributed by atoms with Gasteiger partial charge >= 0.3 is 0 Å². The normalized spacial score (nSPS) is 12.3. The summed E-state index contributed by atoms with van der Waals surface area (Å²) in [5.74, 6) is 1.58. The molecule has 0 aliphatic carbocycles. The van der Waals surface area contributed by atoms with Crippen LogP contribution in [-0.4, -0.2) is 40.6 Å². The van der Waals surface area contributed by atoms with E-state index in [0.717, 1.165) is 11.5 Å². The predicted molar refractivity (Wildman–Crippen MR) is 54.0 cm³/mol. The van der Waals surface area contributed by atoms with Crippen LogP contribution in [0.15, 0.2) is 11.5 Å². The highest BCUT2D eigenvalue weighted by Gasteiger charge is 1.98. The summed E-state index contributed by atoms with van der Waals surface area (Å²) >= 11 is 0. The second-order valence-electron chi connectivity index (χ2n) is 2.79. The second-order valence-corrected chi connectivity index (χ2v) is 2.79. The van der Waals surface area contributed by atoms with Gasteiger partial charge in [-0.05, 0) is 13.8 Å². The van der Waals surface area contributed by atoms with Crippen molar-refractivity contribution in [1.29, 1.82) is 0 Å². The van der Waals surface area contributed by atoms with Gasteiger partial charge in [-0.25, -0.2) is 0 Å². The Morgan fingerprint density at radius 1 is 0.714 bits per heavy atom. The van der Waals surface area contributed by atoms with Gasteiger partial charge in [0.25, 0.3) is 0 Å². The first-order chi connectivity index (χ1) is 6.72. The standard InChI is InChI=1S/C10H20O4/c1-9(13-7-5-11-3)10(2)14-8-6-12-4/h5-8H2,1-4H3. The minimum Gasteiger partial charge on any atom is -0.492 e. The summed E-state index contributed by atoms with van der Waals surface area (Å²) in [5.41, 5.74) is 0. The van der Waals surface area contributed by atoms with Crippen LogP contribution in [0.3, 0.4) is 0 Å². The van der Waals surface area contributed by atoms with Crippen molar-refractivity contribution in [2.75, 3.05) is 40.6 Å². The lowest BCUT2D eigenvalue weighted by atomic mass is 10.4. The fourth-order valence-corrected chi connectivity index (χ4v) is 0.759. The van der Waals surface area contributed by atoms with Crippen LogP contribution in [0.4, 0.5) is 0 Å². The molecule has 0 unspecified atom stereocenters. The van der Waals surface area contributed by atoms with E-state index >= 15 is 0 Å². The molecule has 0 atom stereocenters. The third-order valence-electron chi connectivity index (χ3n) is 1.71. The smallest absolute Gasteiger partial charge is 0.130 e. The molecule has 0 amide bonds. The summed E-state index contributed by atoms with van der Waals surface area (Å²) in [6, 6.07) is 0. The molecular formula is C10H20O4. The molecule has 4 heteroatoms. The molecule has 14 heavy (non-hydrogen) atoms. The maximum absolute atomic E-state index is 5.36. The molecule has 0 bridgehead atoms. The molecule has 0 aromatic rings. The first-order valence-corrected chi connectivity index (χ1v) is 4.63. The molecule has 0 fully saturated rings. The van der Waals surface area contributed by atoms with Crippen molar-refractivity contribution in [1.82, 2.24) is 0 Å². The fourth-order valence-electron chi connectivity index (χ4n) is 0.759. The van der Waals surface area contributed by atoms with Crippen LogP contribution in [0.25, 0.3) is 0 Å². The minimum absolute atomic E-state index is 0.549. The van der Waals surface area contributed by atoms with Gasteiger partial charge in [0.05, 0.1) is 13.2 Å². The first kappa shape index (κ1) is 13.3. The van der Waals surface area contributed by atoms with Gasteiger partial charge in [0, 0.05) is 14.2 Å². The van der Waals surface area contributed by atoms with Crippen LogP contribution in [0.5, 0.6) is 0 Å². The Bertz CT molecular complexity index is 148. The Kier molecular flexibility index (Phi) is 8.37. The summed E-state index contributed by atoms with van der Waals surface area (Å²) in [6.07, 6.45) is 0. The second kappa shape index (κ2) is 8.84. The zero-order chi connectivity index (χ0) is 10.8. The first-order valence-electron chi connectivity index (χ1n) is 4.63. The highest BCUT2D eigenvalue weighted by Crippen LogP contribution is 2.06. The molecule has 0 saturated heterocycles. The highest BCUT2D eigenvalue weighted by atomic mass is 16.5. The molecule has 0 radical (unpaired) electrons. The van der Waals surface area contributed by atoms with Gasteiger partial charge in [0.15, 0.2) is 0 Å². The molecule has 0 aliphatic heterocycles. The van der Waals surface area contributed by atoms with E-state index in [9.17, 15) is 0 Å². The third kappa shape index (κ3) is 6.74. The van der Waals surface area contributed by atoms with Crippen molar-refractivity contribution < 1.29 is 18.9 Å². The zero-order valence-corrected chi connectivity index (χ0v) is 9.46. The van der Waals surface area contributed by atoms with E-state index in [0.29, 0.717) is 26.4 Å². The number of hydrogen-bond donors (Lipinski definition) is 0. The molecule has 0 spiro atoms. The van der Waals surface area contributed by atoms with Crippen molar-refractivity contribution in [3.8, 4) is 0 Å². The van der Waals surface area contributed by atoms with E-state index in [1.807, 2.05) is 13.8 Å². The van der Waals surface area contributed by atoms with Crippen LogP contribution < -0.4 is 0 Å². The lowest BCUT2D eigenvalue weighted by Gasteiger charge is -2.11. The maximum Gasteiger partial charge on any atom is 0.130 e. The van der Waals surface area contributed by atoms with E-state index in [1.165, 1.54) is 0 Å². The molecule has 0 heterocycles. The van der Waals surface area contributed by atoms with Gasteiger partial charge in [0.1, 0.15) is 24.7 Å². The van der Waals surface area contributed by atoms with Crippen molar-refractivity contribution in [2.24, 2.45) is 0 Å². The molecule has 0 N–H and O–H groups in total. The highest BCUT2D eigenvalue weighted by molar-refractivity contribution is 4.94. The lowest BCUT2D eigenvalue weighted by Crippen LogP contribution is -2.05. The number of allylic oxidation sites excluding steroid dienone is 2. The molecule has 84 valence electrons. The van der Waals surface area contributed by atoms with E-state index in [-0.39, 0.29) is 0 Å². The Morgan fingerprint density at radius 3 is 1.36 bits per heavy atom. The molecule has 0 aromatic heterocycles. The van der Waals surface area contributed by atoms with E-state index in [4.69, 9.17) is 18.9 Å². The van der Waals surface area contributed by atoms with Crippen LogP contribution in [-0.2, 0) is 18.9 Å². The third-order valence-corrected chi connectivity index (χ3v) is 1.71. The largest absolute Gasteiger partial charge is 0.492 e.